The number of aromatic nitrogens is 5. The van der Waals surface area contributed by atoms with Crippen molar-refractivity contribution in [1.29, 1.82) is 5.26 Å². The molecule has 1 aliphatic carbocycles. The molecule has 2 aliphatic rings. The zero-order valence-corrected chi connectivity index (χ0v) is 16.5. The topological polar surface area (TPSA) is 92.1 Å². The summed E-state index contributed by atoms with van der Waals surface area (Å²) in [4.78, 5) is 19.9. The Balaban J connectivity index is 1.50. The monoisotopic (exact) mass is 397 g/mol. The lowest BCUT2D eigenvalue weighted by Gasteiger charge is -2.21. The molecule has 6 rings (SSSR count). The van der Waals surface area contributed by atoms with Crippen LogP contribution in [0, 0.1) is 22.7 Å². The molecule has 30 heavy (non-hydrogen) atoms. The van der Waals surface area contributed by atoms with E-state index in [0.717, 1.165) is 40.5 Å². The van der Waals surface area contributed by atoms with Gasteiger partial charge in [-0.15, -0.1) is 0 Å². The van der Waals surface area contributed by atoms with E-state index in [1.54, 1.807) is 15.6 Å². The van der Waals surface area contributed by atoms with Gasteiger partial charge in [-0.25, -0.2) is 9.50 Å². The van der Waals surface area contributed by atoms with E-state index in [-0.39, 0.29) is 11.8 Å². The summed E-state index contributed by atoms with van der Waals surface area (Å²) in [5.41, 5.74) is 2.51. The van der Waals surface area contributed by atoms with Crippen molar-refractivity contribution in [2.45, 2.75) is 19.3 Å². The Bertz CT molecular complexity index is 1370. The first kappa shape index (κ1) is 17.2. The third-order valence-electron chi connectivity index (χ3n) is 6.50. The lowest BCUT2D eigenvalue weighted by molar-refractivity contribution is -0.123. The van der Waals surface area contributed by atoms with E-state index in [2.05, 4.69) is 16.3 Å². The smallest absolute Gasteiger partial charge is 0.249 e. The van der Waals surface area contributed by atoms with Gasteiger partial charge in [-0.2, -0.15) is 15.5 Å². The molecule has 2 fully saturated rings. The fourth-order valence-electron chi connectivity index (χ4n) is 4.64. The lowest BCUT2D eigenvalue weighted by atomic mass is 9.83. The molecule has 1 atom stereocenters. The molecule has 1 aliphatic heterocycles. The van der Waals surface area contributed by atoms with E-state index >= 15 is 0 Å². The summed E-state index contributed by atoms with van der Waals surface area (Å²) in [7, 11) is 1.91. The first-order chi connectivity index (χ1) is 14.6. The Kier molecular flexibility index (Phi) is 3.37. The van der Waals surface area contributed by atoms with Crippen LogP contribution in [0.1, 0.15) is 19.3 Å². The normalized spacial score (nSPS) is 21.6. The number of anilines is 1. The van der Waals surface area contributed by atoms with Gasteiger partial charge in [-0.3, -0.25) is 14.4 Å². The fourth-order valence-corrected chi connectivity index (χ4v) is 4.64. The highest BCUT2D eigenvalue weighted by Gasteiger charge is 2.57. The maximum Gasteiger partial charge on any atom is 0.249 e. The average molecular weight is 397 g/mol. The molecular weight excluding hydrogens is 378 g/mol. The van der Waals surface area contributed by atoms with Crippen molar-refractivity contribution in [2.24, 2.45) is 18.4 Å². The van der Waals surface area contributed by atoms with E-state index in [1.165, 1.54) is 0 Å². The number of amides is 1. The van der Waals surface area contributed by atoms with Gasteiger partial charge in [0.15, 0.2) is 5.82 Å². The second-order valence-corrected chi connectivity index (χ2v) is 8.22. The summed E-state index contributed by atoms with van der Waals surface area (Å²) in [5.74, 6) is 0.622. The SMILES string of the molecule is Cn1ncc2ccc(-c3cn4nccc4c(N4CC[C@@](C#N)(C5CC5)C4=O)n3)cc21. The predicted molar refractivity (Wildman–Crippen MR) is 110 cm³/mol. The summed E-state index contributed by atoms with van der Waals surface area (Å²) >= 11 is 0. The number of hydrogen-bond donors (Lipinski definition) is 0. The second-order valence-electron chi connectivity index (χ2n) is 8.22. The zero-order chi connectivity index (χ0) is 20.5. The first-order valence-corrected chi connectivity index (χ1v) is 10.1. The summed E-state index contributed by atoms with van der Waals surface area (Å²) in [6.07, 6.45) is 7.86. The first-order valence-electron chi connectivity index (χ1n) is 10.1. The van der Waals surface area contributed by atoms with E-state index < -0.39 is 5.41 Å². The van der Waals surface area contributed by atoms with Crippen LogP contribution >= 0.6 is 0 Å². The van der Waals surface area contributed by atoms with Gasteiger partial charge in [-0.1, -0.05) is 12.1 Å². The largest absolute Gasteiger partial charge is 0.294 e. The molecule has 148 valence electrons. The molecule has 0 bridgehead atoms. The minimum atomic E-state index is -0.900. The van der Waals surface area contributed by atoms with Crippen molar-refractivity contribution < 1.29 is 4.79 Å². The Morgan fingerprint density at radius 1 is 1.20 bits per heavy atom. The average Bonchev–Trinajstić information content (AvgIpc) is 3.25. The van der Waals surface area contributed by atoms with Crippen LogP contribution < -0.4 is 4.90 Å². The summed E-state index contributed by atoms with van der Waals surface area (Å²) in [6, 6.07) is 10.3. The molecule has 4 heterocycles. The van der Waals surface area contributed by atoms with Gasteiger partial charge < -0.3 is 0 Å². The maximum absolute atomic E-state index is 13.4. The third-order valence-corrected chi connectivity index (χ3v) is 6.50. The molecule has 1 saturated carbocycles. The van der Waals surface area contributed by atoms with Crippen molar-refractivity contribution >= 4 is 28.1 Å². The highest BCUT2D eigenvalue weighted by Crippen LogP contribution is 2.52. The highest BCUT2D eigenvalue weighted by atomic mass is 16.2. The number of aryl methyl sites for hydroxylation is 1. The van der Waals surface area contributed by atoms with Gasteiger partial charge in [0, 0.05) is 24.5 Å². The summed E-state index contributed by atoms with van der Waals surface area (Å²) < 4.78 is 3.58. The van der Waals surface area contributed by atoms with Crippen molar-refractivity contribution in [3.63, 3.8) is 0 Å². The van der Waals surface area contributed by atoms with Crippen molar-refractivity contribution in [2.75, 3.05) is 11.4 Å². The zero-order valence-electron chi connectivity index (χ0n) is 16.5. The molecule has 8 nitrogen and oxygen atoms in total. The van der Waals surface area contributed by atoms with Crippen LogP contribution in [0.3, 0.4) is 0 Å². The minimum absolute atomic E-state index is 0.123. The maximum atomic E-state index is 13.4. The summed E-state index contributed by atoms with van der Waals surface area (Å²) in [5, 5.41) is 19.6. The molecule has 4 aromatic rings. The van der Waals surface area contributed by atoms with Crippen LogP contribution in [-0.2, 0) is 11.8 Å². The Morgan fingerprint density at radius 3 is 2.87 bits per heavy atom. The molecule has 1 saturated heterocycles. The van der Waals surface area contributed by atoms with Crippen LogP contribution in [0.2, 0.25) is 0 Å². The lowest BCUT2D eigenvalue weighted by Crippen LogP contribution is -2.36. The van der Waals surface area contributed by atoms with E-state index in [9.17, 15) is 10.1 Å². The molecule has 0 spiro atoms. The quantitative estimate of drug-likeness (QED) is 0.530. The Hall–Kier alpha value is -3.73. The molecular formula is C22H19N7O. The number of carbonyl (C=O) groups excluding carboxylic acids is 1. The highest BCUT2D eigenvalue weighted by molar-refractivity contribution is 6.04. The van der Waals surface area contributed by atoms with Gasteiger partial charge in [0.2, 0.25) is 5.91 Å². The van der Waals surface area contributed by atoms with Crippen LogP contribution in [0.15, 0.2) is 42.9 Å². The second kappa shape index (κ2) is 5.89. The fraction of sp³-hybridized carbons (Fsp3) is 0.318. The Labute approximate surface area is 172 Å². The number of nitriles is 1. The molecule has 0 unspecified atom stereocenters. The van der Waals surface area contributed by atoms with Crippen LogP contribution in [0.25, 0.3) is 27.7 Å². The van der Waals surface area contributed by atoms with Crippen LogP contribution in [-0.4, -0.2) is 36.8 Å². The molecule has 1 aromatic carbocycles. The van der Waals surface area contributed by atoms with Crippen molar-refractivity contribution in [3.8, 4) is 17.3 Å². The predicted octanol–water partition coefficient (Wildman–Crippen LogP) is 2.94. The number of nitrogens with zero attached hydrogens (tertiary/aromatic N) is 7. The number of rotatable bonds is 3. The molecule has 1 amide bonds. The number of benzene rings is 1. The van der Waals surface area contributed by atoms with Crippen LogP contribution in [0.4, 0.5) is 5.82 Å². The molecule has 3 aromatic heterocycles. The van der Waals surface area contributed by atoms with E-state index in [1.807, 2.05) is 48.4 Å². The van der Waals surface area contributed by atoms with Crippen LogP contribution in [0.5, 0.6) is 0 Å². The minimum Gasteiger partial charge on any atom is -0.294 e. The molecule has 8 heteroatoms. The van der Waals surface area contributed by atoms with Crippen molar-refractivity contribution in [3.05, 3.63) is 42.9 Å². The third kappa shape index (κ3) is 2.26. The van der Waals surface area contributed by atoms with Gasteiger partial charge in [0.1, 0.15) is 10.9 Å². The molecule has 0 N–H and O–H groups in total. The molecule has 0 radical (unpaired) electrons. The van der Waals surface area contributed by atoms with Gasteiger partial charge in [0.05, 0.1) is 35.9 Å². The van der Waals surface area contributed by atoms with Gasteiger partial charge in [0.25, 0.3) is 0 Å². The van der Waals surface area contributed by atoms with Crippen molar-refractivity contribution in [1.82, 2.24) is 24.4 Å². The van der Waals surface area contributed by atoms with Gasteiger partial charge in [-0.05, 0) is 37.3 Å². The van der Waals surface area contributed by atoms with Gasteiger partial charge >= 0.3 is 0 Å². The number of fused-ring (bicyclic) bond motifs is 2. The Morgan fingerprint density at radius 2 is 2.07 bits per heavy atom. The van der Waals surface area contributed by atoms with E-state index in [4.69, 9.17) is 4.98 Å². The standard InChI is InChI=1S/C22H19N7O/c1-27-19-10-14(2-3-15(19)11-25-27)17-12-29-18(6-8-24-29)20(26-17)28-9-7-22(13-23,21(28)30)16-4-5-16/h2-3,6,8,10-12,16H,4-5,7,9H2,1H3/t22-/m1/s1. The van der Waals surface area contributed by atoms with E-state index in [0.29, 0.717) is 18.8 Å². The number of carbonyl (C=O) groups is 1. The summed E-state index contributed by atoms with van der Waals surface area (Å²) in [6.45, 7) is 0.501. The number of hydrogen-bond acceptors (Lipinski definition) is 5.